The minimum Gasteiger partial charge on any atom is -0.508 e. The highest BCUT2D eigenvalue weighted by molar-refractivity contribution is 6.24. The van der Waals surface area contributed by atoms with E-state index in [-0.39, 0.29) is 17.3 Å². The second-order valence-corrected chi connectivity index (χ2v) is 19.6. The lowest BCUT2D eigenvalue weighted by molar-refractivity contribution is -0.179. The summed E-state index contributed by atoms with van der Waals surface area (Å²) in [5.74, 6) is 3.44. The van der Waals surface area contributed by atoms with Gasteiger partial charge >= 0.3 is 12.0 Å². The molecule has 0 unspecified atom stereocenters. The largest absolute Gasteiger partial charge is 0.508 e. The van der Waals surface area contributed by atoms with Crippen molar-refractivity contribution in [2.24, 2.45) is 5.92 Å². The lowest BCUT2D eigenvalue weighted by atomic mass is 9.64. The van der Waals surface area contributed by atoms with Crippen molar-refractivity contribution in [1.29, 1.82) is 0 Å². The maximum atomic E-state index is 16.8. The molecule has 5 aromatic rings. The number of cyclic esters (lactones) is 1. The number of phenolic OH excluding ortho intramolecular Hbond substituents is 1. The molecule has 10 rings (SSSR count). The van der Waals surface area contributed by atoms with E-state index in [0.717, 1.165) is 74.5 Å². The second-order valence-electron chi connectivity index (χ2n) is 19.6. The fourth-order valence-corrected chi connectivity index (χ4v) is 12.0. The summed E-state index contributed by atoms with van der Waals surface area (Å²) >= 11 is 0. The number of carbonyl (C=O) groups is 4. The smallest absolute Gasteiger partial charge is 0.329 e. The third-order valence-electron chi connectivity index (χ3n) is 15.3. The van der Waals surface area contributed by atoms with Crippen LogP contribution in [0.2, 0.25) is 0 Å². The van der Waals surface area contributed by atoms with Crippen LogP contribution in [-0.2, 0) is 24.5 Å². The van der Waals surface area contributed by atoms with Crippen LogP contribution in [0.1, 0.15) is 135 Å². The third-order valence-corrected chi connectivity index (χ3v) is 15.3. The van der Waals surface area contributed by atoms with Gasteiger partial charge in [-0.15, -0.1) is 0 Å². The third kappa shape index (κ3) is 8.48. The molecule has 354 valence electrons. The molecule has 1 spiro atoms. The van der Waals surface area contributed by atoms with E-state index in [1.165, 1.54) is 4.90 Å². The summed E-state index contributed by atoms with van der Waals surface area (Å²) in [5, 5.41) is 25.7. The molecule has 1 saturated carbocycles. The van der Waals surface area contributed by atoms with Gasteiger partial charge in [0.2, 0.25) is 11.8 Å². The number of benzene rings is 5. The lowest BCUT2D eigenvalue weighted by Gasteiger charge is -2.46. The van der Waals surface area contributed by atoms with Gasteiger partial charge in [0.15, 0.2) is 0 Å². The molecule has 69 heavy (non-hydrogen) atoms. The molecule has 5 aromatic carbocycles. The number of carbonyl (C=O) groups excluding carboxylic acids is 4. The zero-order valence-corrected chi connectivity index (χ0v) is 39.1. The molecule has 3 saturated heterocycles. The zero-order chi connectivity index (χ0) is 47.7. The SMILES string of the molecule is C[C@@H](NC(=O)N1C(=O)[C@@]2(c3cc(C#CC4(O)CCCCCC4)ccc31)[C@H](C(=O)N1CCCCCCC1)[C@H]1C(=O)O[C@H](c3ccccc3)[C@H](c3ccccc3)N1[C@@H]2c1ccc(O)cc1)c1ccccc1. The number of aliphatic hydroxyl groups is 1. The number of esters is 1. The molecule has 5 aliphatic rings. The summed E-state index contributed by atoms with van der Waals surface area (Å²) in [6.45, 7) is 2.74. The van der Waals surface area contributed by atoms with E-state index in [1.807, 2.05) is 114 Å². The summed E-state index contributed by atoms with van der Waals surface area (Å²) in [4.78, 5) is 68.8. The highest BCUT2D eigenvalue weighted by Gasteiger charge is 2.76. The molecule has 3 N–H and O–H groups in total. The number of phenols is 1. The highest BCUT2D eigenvalue weighted by Crippen LogP contribution is 2.66. The Bertz CT molecular complexity index is 2740. The number of nitrogens with zero attached hydrogens (tertiary/aromatic N) is 3. The molecular formula is C58H60N4O7. The van der Waals surface area contributed by atoms with Crippen LogP contribution in [0.15, 0.2) is 133 Å². The van der Waals surface area contributed by atoms with Gasteiger partial charge < -0.3 is 25.2 Å². The Balaban J connectivity index is 1.25. The quantitative estimate of drug-likeness (QED) is 0.0870. The topological polar surface area (TPSA) is 140 Å². The highest BCUT2D eigenvalue weighted by atomic mass is 16.6. The van der Waals surface area contributed by atoms with Gasteiger partial charge in [-0.25, -0.2) is 9.69 Å². The van der Waals surface area contributed by atoms with E-state index in [1.54, 1.807) is 36.4 Å². The van der Waals surface area contributed by atoms with Gasteiger partial charge in [0, 0.05) is 18.7 Å². The van der Waals surface area contributed by atoms with Gasteiger partial charge in [0.25, 0.3) is 0 Å². The predicted octanol–water partition coefficient (Wildman–Crippen LogP) is 9.76. The van der Waals surface area contributed by atoms with Crippen LogP contribution in [0.5, 0.6) is 5.75 Å². The summed E-state index contributed by atoms with van der Waals surface area (Å²) in [5.41, 5.74) is 0.931. The number of amides is 4. The number of hydrogen-bond donors (Lipinski definition) is 3. The Hall–Kier alpha value is -6.74. The van der Waals surface area contributed by atoms with Crippen LogP contribution >= 0.6 is 0 Å². The van der Waals surface area contributed by atoms with Crippen molar-refractivity contribution in [1.82, 2.24) is 15.1 Å². The first-order valence-electron chi connectivity index (χ1n) is 24.8. The molecule has 4 heterocycles. The Kier molecular flexibility index (Phi) is 12.9. The van der Waals surface area contributed by atoms with Gasteiger partial charge in [-0.3, -0.25) is 19.3 Å². The summed E-state index contributed by atoms with van der Waals surface area (Å²) in [6.07, 6.45) is 8.40. The van der Waals surface area contributed by atoms with Crippen molar-refractivity contribution in [3.8, 4) is 17.6 Å². The normalized spacial score (nSPS) is 26.0. The first-order valence-corrected chi connectivity index (χ1v) is 24.8. The van der Waals surface area contributed by atoms with Crippen LogP contribution in [0.25, 0.3) is 0 Å². The number of nitrogens with one attached hydrogen (secondary N) is 1. The number of hydrogen-bond acceptors (Lipinski definition) is 8. The van der Waals surface area contributed by atoms with Crippen molar-refractivity contribution >= 4 is 29.5 Å². The molecule has 4 fully saturated rings. The Morgan fingerprint density at radius 1 is 0.710 bits per heavy atom. The molecule has 11 nitrogen and oxygen atoms in total. The van der Waals surface area contributed by atoms with Gasteiger partial charge in [0.05, 0.1) is 29.7 Å². The van der Waals surface area contributed by atoms with Gasteiger partial charge in [0.1, 0.15) is 28.9 Å². The maximum Gasteiger partial charge on any atom is 0.329 e. The van der Waals surface area contributed by atoms with E-state index < -0.39 is 65.1 Å². The van der Waals surface area contributed by atoms with Crippen LogP contribution in [0.3, 0.4) is 0 Å². The zero-order valence-electron chi connectivity index (χ0n) is 39.1. The minimum atomic E-state index is -1.95. The molecule has 1 aliphatic carbocycles. The van der Waals surface area contributed by atoms with Crippen molar-refractivity contribution in [2.45, 2.75) is 119 Å². The number of urea groups is 1. The molecule has 4 amide bonds. The number of rotatable bonds is 6. The Morgan fingerprint density at radius 3 is 1.96 bits per heavy atom. The van der Waals surface area contributed by atoms with Crippen LogP contribution in [0.4, 0.5) is 10.5 Å². The minimum absolute atomic E-state index is 0.00140. The molecule has 11 heteroatoms. The van der Waals surface area contributed by atoms with Gasteiger partial charge in [-0.05, 0) is 104 Å². The fraction of sp³-hybridized carbons (Fsp3) is 0.379. The number of imide groups is 1. The molecule has 0 bridgehead atoms. The average molecular weight is 925 g/mol. The predicted molar refractivity (Wildman–Crippen MR) is 263 cm³/mol. The second kappa shape index (κ2) is 19.3. The van der Waals surface area contributed by atoms with Crippen molar-refractivity contribution in [2.75, 3.05) is 18.0 Å². The maximum absolute atomic E-state index is 16.8. The number of likely N-dealkylation sites (tertiary alicyclic amines) is 1. The van der Waals surface area contributed by atoms with Crippen LogP contribution < -0.4 is 10.2 Å². The number of morpholine rings is 1. The first kappa shape index (κ1) is 46.0. The summed E-state index contributed by atoms with van der Waals surface area (Å²) < 4.78 is 6.68. The van der Waals surface area contributed by atoms with Crippen LogP contribution in [-0.4, -0.2) is 68.6 Å². The van der Waals surface area contributed by atoms with Crippen molar-refractivity contribution in [3.63, 3.8) is 0 Å². The fourth-order valence-electron chi connectivity index (χ4n) is 12.0. The van der Waals surface area contributed by atoms with E-state index in [9.17, 15) is 10.2 Å². The van der Waals surface area contributed by atoms with Gasteiger partial charge in [-0.2, -0.15) is 0 Å². The molecule has 4 aliphatic heterocycles. The first-order chi connectivity index (χ1) is 33.6. The summed E-state index contributed by atoms with van der Waals surface area (Å²) in [6, 6.07) is 36.3. The average Bonchev–Trinajstić information content (AvgIpc) is 3.69. The number of anilines is 1. The van der Waals surface area contributed by atoms with E-state index in [2.05, 4.69) is 17.2 Å². The van der Waals surface area contributed by atoms with E-state index >= 15 is 19.2 Å². The van der Waals surface area contributed by atoms with Crippen molar-refractivity contribution < 1.29 is 34.1 Å². The van der Waals surface area contributed by atoms with Gasteiger partial charge in [-0.1, -0.05) is 147 Å². The molecule has 0 aromatic heterocycles. The Labute approximate surface area is 404 Å². The number of aromatic hydroxyl groups is 1. The number of fused-ring (bicyclic) bond motifs is 3. The molecule has 0 radical (unpaired) electrons. The van der Waals surface area contributed by atoms with Crippen LogP contribution in [0, 0.1) is 17.8 Å². The van der Waals surface area contributed by atoms with Crippen molar-refractivity contribution in [3.05, 3.63) is 167 Å². The standard InChI is InChI=1S/C58H60N4O7/c1-39(41-20-10-7-11-21-41)59-56(67)61-47-31-26-40(32-35-57(68)33-16-3-4-17-34-57)38-46(47)58(55(61)66)48(53(64)60-36-18-5-2-6-19-37-60)50-54(65)69-51(43-24-14-9-15-25-43)49(42-22-12-8-13-23-42)62(50)52(58)44-27-29-45(63)30-28-44/h7-15,20-31,38-39,48-52,63,68H,2-6,16-19,33-34,36-37H2,1H3,(H,59,67)/t39-,48+,49+,50+,51-,52-,58+/m1/s1. The summed E-state index contributed by atoms with van der Waals surface area (Å²) in [7, 11) is 0. The van der Waals surface area contributed by atoms with E-state index in [4.69, 9.17) is 4.74 Å². The monoisotopic (exact) mass is 924 g/mol. The lowest BCUT2D eigenvalue weighted by Crippen LogP contribution is -2.57. The molecule has 7 atom stereocenters. The number of ether oxygens (including phenoxy) is 1. The van der Waals surface area contributed by atoms with E-state index in [0.29, 0.717) is 42.6 Å². The molecular weight excluding hydrogens is 865 g/mol. The Morgan fingerprint density at radius 2 is 1.30 bits per heavy atom.